The average Bonchev–Trinajstić information content (AvgIpc) is 3.32. The van der Waals surface area contributed by atoms with Crippen LogP contribution in [0.25, 0.3) is 0 Å². The van der Waals surface area contributed by atoms with E-state index in [4.69, 9.17) is 5.10 Å². The largest absolute Gasteiger partial charge is 0.478 e. The minimum atomic E-state index is -1.01. The molecule has 1 amide bonds. The molecule has 0 bridgehead atoms. The van der Waals surface area contributed by atoms with Crippen molar-refractivity contribution in [3.05, 3.63) is 112 Å². The Balaban J connectivity index is 1.52. The lowest BCUT2D eigenvalue weighted by molar-refractivity contribution is -0.113. The number of benzene rings is 3. The highest BCUT2D eigenvalue weighted by Gasteiger charge is 2.34. The molecule has 3 N–H and O–H groups in total. The standard InChI is InChI=1S/C29H27N5O3S/c1-17-8-7-11-23(18(17)2)31-26(35)24-19(3)30-28-32-29(38-16-20-9-5-4-6-10-20)33-34(28)25(24)21-12-14-22(15-13-21)27(36)37/h4-15,25H,16H2,1-3H3,(H,31,35)(H,36,37)(H,30,32,33). The van der Waals surface area contributed by atoms with Crippen LogP contribution in [0.15, 0.2) is 89.2 Å². The Morgan fingerprint density at radius 2 is 1.74 bits per heavy atom. The molecule has 1 aromatic heterocycles. The first kappa shape index (κ1) is 25.3. The fraction of sp³-hybridized carbons (Fsp3) is 0.172. The molecule has 3 aromatic carbocycles. The van der Waals surface area contributed by atoms with Gasteiger partial charge < -0.3 is 15.7 Å². The zero-order valence-corrected chi connectivity index (χ0v) is 22.0. The highest BCUT2D eigenvalue weighted by atomic mass is 32.2. The van der Waals surface area contributed by atoms with Crippen molar-refractivity contribution in [2.24, 2.45) is 0 Å². The molecule has 0 fully saturated rings. The van der Waals surface area contributed by atoms with Gasteiger partial charge in [0.25, 0.3) is 5.91 Å². The Bertz CT molecular complexity index is 1540. The van der Waals surface area contributed by atoms with Crippen LogP contribution in [0, 0.1) is 13.8 Å². The molecule has 0 saturated carbocycles. The topological polar surface area (TPSA) is 109 Å². The van der Waals surface area contributed by atoms with Gasteiger partial charge in [-0.25, -0.2) is 9.48 Å². The summed E-state index contributed by atoms with van der Waals surface area (Å²) in [6, 6.07) is 21.8. The Morgan fingerprint density at radius 1 is 1.00 bits per heavy atom. The lowest BCUT2D eigenvalue weighted by Crippen LogP contribution is -2.31. The number of hydrogen-bond acceptors (Lipinski definition) is 6. The van der Waals surface area contributed by atoms with Crippen molar-refractivity contribution in [1.29, 1.82) is 0 Å². The summed E-state index contributed by atoms with van der Waals surface area (Å²) >= 11 is 1.51. The summed E-state index contributed by atoms with van der Waals surface area (Å²) in [5.41, 5.74) is 5.99. The number of aromatic nitrogens is 3. The third-order valence-electron chi connectivity index (χ3n) is 6.61. The number of aromatic carboxylic acids is 1. The van der Waals surface area contributed by atoms with Gasteiger partial charge in [-0.1, -0.05) is 66.4 Å². The number of carboxylic acids is 1. The molecule has 9 heteroatoms. The molecule has 2 heterocycles. The number of thioether (sulfide) groups is 1. The second kappa shape index (κ2) is 10.5. The summed E-state index contributed by atoms with van der Waals surface area (Å²) in [7, 11) is 0. The van der Waals surface area contributed by atoms with E-state index in [2.05, 4.69) is 27.8 Å². The highest BCUT2D eigenvalue weighted by molar-refractivity contribution is 7.98. The predicted molar refractivity (Wildman–Crippen MR) is 148 cm³/mol. The third-order valence-corrected chi connectivity index (χ3v) is 7.52. The van der Waals surface area contributed by atoms with Gasteiger partial charge in [-0.05, 0) is 61.2 Å². The van der Waals surface area contributed by atoms with Gasteiger partial charge in [-0.15, -0.1) is 5.10 Å². The summed E-state index contributed by atoms with van der Waals surface area (Å²) < 4.78 is 1.70. The second-order valence-electron chi connectivity index (χ2n) is 9.13. The first-order valence-corrected chi connectivity index (χ1v) is 13.1. The highest BCUT2D eigenvalue weighted by Crippen LogP contribution is 2.37. The number of hydrogen-bond donors (Lipinski definition) is 3. The molecule has 4 aromatic rings. The van der Waals surface area contributed by atoms with Crippen molar-refractivity contribution >= 4 is 35.3 Å². The Hall–Kier alpha value is -4.37. The number of nitrogens with one attached hydrogen (secondary N) is 2. The Kier molecular flexibility index (Phi) is 7.02. The number of carboxylic acid groups (broad SMARTS) is 1. The number of carbonyl (C=O) groups excluding carboxylic acids is 1. The van der Waals surface area contributed by atoms with Crippen molar-refractivity contribution in [3.63, 3.8) is 0 Å². The number of aryl methyl sites for hydroxylation is 1. The maximum atomic E-state index is 13.8. The van der Waals surface area contributed by atoms with Gasteiger partial charge in [0.2, 0.25) is 11.1 Å². The van der Waals surface area contributed by atoms with Crippen molar-refractivity contribution < 1.29 is 14.7 Å². The fourth-order valence-electron chi connectivity index (χ4n) is 4.40. The van der Waals surface area contributed by atoms with E-state index in [0.29, 0.717) is 28.1 Å². The van der Waals surface area contributed by atoms with Crippen LogP contribution in [0.2, 0.25) is 0 Å². The molecule has 1 atom stereocenters. The molecule has 0 spiro atoms. The van der Waals surface area contributed by atoms with Gasteiger partial charge in [0.1, 0.15) is 6.04 Å². The van der Waals surface area contributed by atoms with E-state index in [1.807, 2.05) is 57.2 Å². The number of amides is 1. The van der Waals surface area contributed by atoms with Gasteiger partial charge >= 0.3 is 5.97 Å². The molecule has 8 nitrogen and oxygen atoms in total. The van der Waals surface area contributed by atoms with E-state index >= 15 is 0 Å². The minimum absolute atomic E-state index is 0.169. The van der Waals surface area contributed by atoms with Gasteiger partial charge in [0.15, 0.2) is 0 Å². The molecule has 1 unspecified atom stereocenters. The van der Waals surface area contributed by atoms with E-state index in [0.717, 1.165) is 27.9 Å². The number of fused-ring (bicyclic) bond motifs is 1. The maximum Gasteiger partial charge on any atom is 0.335 e. The first-order chi connectivity index (χ1) is 18.3. The van der Waals surface area contributed by atoms with E-state index in [9.17, 15) is 14.7 Å². The molecular formula is C29H27N5O3S. The lowest BCUT2D eigenvalue weighted by atomic mass is 9.94. The summed E-state index contributed by atoms with van der Waals surface area (Å²) in [6.07, 6.45) is 0. The van der Waals surface area contributed by atoms with E-state index < -0.39 is 12.0 Å². The number of rotatable bonds is 7. The second-order valence-corrected chi connectivity index (χ2v) is 10.1. The number of anilines is 2. The molecule has 1 aliphatic rings. The average molecular weight is 526 g/mol. The summed E-state index contributed by atoms with van der Waals surface area (Å²) in [4.78, 5) is 29.9. The van der Waals surface area contributed by atoms with E-state index in [-0.39, 0.29) is 11.5 Å². The normalized spacial score (nSPS) is 14.6. The summed E-state index contributed by atoms with van der Waals surface area (Å²) in [6.45, 7) is 5.81. The number of nitrogens with zero attached hydrogens (tertiary/aromatic N) is 3. The van der Waals surface area contributed by atoms with Crippen LogP contribution >= 0.6 is 11.8 Å². The molecule has 1 aliphatic heterocycles. The third kappa shape index (κ3) is 5.05. The smallest absolute Gasteiger partial charge is 0.335 e. The summed E-state index contributed by atoms with van der Waals surface area (Å²) in [5, 5.41) is 21.0. The van der Waals surface area contributed by atoms with Crippen LogP contribution in [0.4, 0.5) is 11.6 Å². The quantitative estimate of drug-likeness (QED) is 0.261. The van der Waals surface area contributed by atoms with Crippen LogP contribution < -0.4 is 10.6 Å². The Labute approximate surface area is 224 Å². The van der Waals surface area contributed by atoms with Crippen molar-refractivity contribution in [2.75, 3.05) is 10.6 Å². The molecule has 0 aliphatic carbocycles. The van der Waals surface area contributed by atoms with Crippen molar-refractivity contribution in [1.82, 2.24) is 14.8 Å². The van der Waals surface area contributed by atoms with Crippen molar-refractivity contribution in [2.45, 2.75) is 37.7 Å². The monoisotopic (exact) mass is 525 g/mol. The maximum absolute atomic E-state index is 13.8. The van der Waals surface area contributed by atoms with Gasteiger partial charge in [0.05, 0.1) is 11.1 Å². The van der Waals surface area contributed by atoms with Crippen LogP contribution in [-0.2, 0) is 10.5 Å². The molecule has 38 heavy (non-hydrogen) atoms. The van der Waals surface area contributed by atoms with Crippen LogP contribution in [0.5, 0.6) is 0 Å². The minimum Gasteiger partial charge on any atom is -0.478 e. The Morgan fingerprint density at radius 3 is 2.45 bits per heavy atom. The summed E-state index contributed by atoms with van der Waals surface area (Å²) in [5.74, 6) is -0.0545. The van der Waals surface area contributed by atoms with Crippen LogP contribution in [0.3, 0.4) is 0 Å². The molecule has 0 saturated heterocycles. The van der Waals surface area contributed by atoms with Gasteiger partial charge in [-0.3, -0.25) is 4.79 Å². The molecule has 0 radical (unpaired) electrons. The van der Waals surface area contributed by atoms with Crippen LogP contribution in [0.1, 0.15) is 45.6 Å². The zero-order valence-electron chi connectivity index (χ0n) is 21.2. The van der Waals surface area contributed by atoms with Crippen molar-refractivity contribution in [3.8, 4) is 0 Å². The first-order valence-electron chi connectivity index (χ1n) is 12.1. The van der Waals surface area contributed by atoms with E-state index in [1.54, 1.807) is 16.8 Å². The molecule has 5 rings (SSSR count). The fourth-order valence-corrected chi connectivity index (χ4v) is 5.19. The SMILES string of the molecule is CC1=C(C(=O)Nc2cccc(C)c2C)C(c2ccc(C(=O)O)cc2)n2nc(SCc3ccccc3)nc2N1. The van der Waals surface area contributed by atoms with Crippen LogP contribution in [-0.4, -0.2) is 31.7 Å². The number of allylic oxidation sites excluding steroid dienone is 1. The number of carbonyl (C=O) groups is 2. The van der Waals surface area contributed by atoms with Gasteiger partial charge in [0, 0.05) is 17.1 Å². The molecule has 192 valence electrons. The molecular weight excluding hydrogens is 498 g/mol. The van der Waals surface area contributed by atoms with Gasteiger partial charge in [-0.2, -0.15) is 4.98 Å². The zero-order chi connectivity index (χ0) is 26.8. The predicted octanol–water partition coefficient (Wildman–Crippen LogP) is 5.81. The van der Waals surface area contributed by atoms with E-state index in [1.165, 1.54) is 23.9 Å². The lowest BCUT2D eigenvalue weighted by Gasteiger charge is -2.29.